The van der Waals surface area contributed by atoms with E-state index in [1.165, 1.54) is 15.9 Å². The summed E-state index contributed by atoms with van der Waals surface area (Å²) in [5.74, 6) is 0. The van der Waals surface area contributed by atoms with Crippen molar-refractivity contribution in [3.8, 4) is 5.69 Å². The maximum absolute atomic E-state index is 12.5. The van der Waals surface area contributed by atoms with Crippen LogP contribution in [0.2, 0.25) is 5.02 Å². The smallest absolute Gasteiger partial charge is 0.267 e. The molecule has 1 aromatic carbocycles. The summed E-state index contributed by atoms with van der Waals surface area (Å²) in [6.07, 6.45) is 0. The number of aromatic amines is 1. The molecule has 0 bridgehead atoms. The van der Waals surface area contributed by atoms with Crippen LogP contribution < -0.4 is 5.56 Å². The van der Waals surface area contributed by atoms with Gasteiger partial charge in [0.2, 0.25) is 0 Å². The molecular formula is C12H6BrClN2OS2. The summed E-state index contributed by atoms with van der Waals surface area (Å²) in [5.41, 5.74) is 0.481. The lowest BCUT2D eigenvalue weighted by Crippen LogP contribution is -2.20. The second-order valence-corrected chi connectivity index (χ2v) is 6.31. The first-order valence-electron chi connectivity index (χ1n) is 5.26. The fraction of sp³-hybridized carbons (Fsp3) is 0. The molecule has 0 amide bonds. The first-order chi connectivity index (χ1) is 9.09. The molecule has 0 aliphatic carbocycles. The minimum Gasteiger partial charge on any atom is -0.323 e. The lowest BCUT2D eigenvalue weighted by molar-refractivity contribution is 0.938. The number of hydrogen-bond donors (Lipinski definition) is 1. The summed E-state index contributed by atoms with van der Waals surface area (Å²) in [6.45, 7) is 0. The fourth-order valence-corrected chi connectivity index (χ4v) is 3.56. The fourth-order valence-electron chi connectivity index (χ4n) is 1.82. The van der Waals surface area contributed by atoms with E-state index in [2.05, 4.69) is 20.9 Å². The summed E-state index contributed by atoms with van der Waals surface area (Å²) in [5, 5.41) is 3.00. The highest BCUT2D eigenvalue weighted by atomic mass is 79.9. The van der Waals surface area contributed by atoms with Crippen LogP contribution in [0.3, 0.4) is 0 Å². The average Bonchev–Trinajstić information content (AvgIpc) is 2.82. The highest BCUT2D eigenvalue weighted by molar-refractivity contribution is 9.10. The molecule has 0 spiro atoms. The van der Waals surface area contributed by atoms with E-state index in [-0.39, 0.29) is 5.56 Å². The van der Waals surface area contributed by atoms with Crippen LogP contribution in [0.5, 0.6) is 0 Å². The molecule has 0 fully saturated rings. The number of thiophene rings is 1. The third-order valence-corrected chi connectivity index (χ3v) is 5.19. The zero-order valence-corrected chi connectivity index (χ0v) is 13.3. The first kappa shape index (κ1) is 13.1. The molecule has 19 heavy (non-hydrogen) atoms. The quantitative estimate of drug-likeness (QED) is 0.637. The average molecular weight is 374 g/mol. The van der Waals surface area contributed by atoms with Crippen molar-refractivity contribution in [2.24, 2.45) is 0 Å². The van der Waals surface area contributed by atoms with Crippen LogP contribution in [0.25, 0.3) is 15.9 Å². The highest BCUT2D eigenvalue weighted by Gasteiger charge is 2.12. The van der Waals surface area contributed by atoms with Crippen molar-refractivity contribution in [2.45, 2.75) is 0 Å². The number of fused-ring (bicyclic) bond motifs is 1. The van der Waals surface area contributed by atoms with Crippen LogP contribution in [0.15, 0.2) is 38.9 Å². The van der Waals surface area contributed by atoms with Gasteiger partial charge in [0.05, 0.1) is 20.6 Å². The van der Waals surface area contributed by atoms with Gasteiger partial charge in [-0.3, -0.25) is 9.36 Å². The van der Waals surface area contributed by atoms with Crippen molar-refractivity contribution in [3.63, 3.8) is 0 Å². The number of H-pyrrole nitrogens is 1. The summed E-state index contributed by atoms with van der Waals surface area (Å²) >= 11 is 16.2. The molecule has 0 saturated heterocycles. The van der Waals surface area contributed by atoms with E-state index in [1.54, 1.807) is 24.3 Å². The van der Waals surface area contributed by atoms with Gasteiger partial charge in [0.15, 0.2) is 4.77 Å². The minimum absolute atomic E-state index is 0.150. The third kappa shape index (κ3) is 2.08. The number of nitrogens with one attached hydrogen (secondary N) is 1. The Morgan fingerprint density at radius 3 is 2.95 bits per heavy atom. The van der Waals surface area contributed by atoms with E-state index < -0.39 is 0 Å². The van der Waals surface area contributed by atoms with Crippen molar-refractivity contribution in [1.82, 2.24) is 9.55 Å². The molecule has 0 aliphatic heterocycles. The van der Waals surface area contributed by atoms with Gasteiger partial charge in [-0.05, 0) is 51.7 Å². The van der Waals surface area contributed by atoms with Crippen molar-refractivity contribution >= 4 is 61.3 Å². The van der Waals surface area contributed by atoms with Crippen LogP contribution in [0.1, 0.15) is 0 Å². The van der Waals surface area contributed by atoms with Gasteiger partial charge in [-0.25, -0.2) is 0 Å². The third-order valence-electron chi connectivity index (χ3n) is 2.69. The minimum atomic E-state index is -0.150. The van der Waals surface area contributed by atoms with Crippen molar-refractivity contribution < 1.29 is 0 Å². The molecule has 0 radical (unpaired) electrons. The van der Waals surface area contributed by atoms with Gasteiger partial charge >= 0.3 is 0 Å². The number of nitrogens with zero attached hydrogens (tertiary/aromatic N) is 1. The van der Waals surface area contributed by atoms with Crippen molar-refractivity contribution in [3.05, 3.63) is 54.3 Å². The van der Waals surface area contributed by atoms with Gasteiger partial charge in [-0.2, -0.15) is 0 Å². The number of hydrogen-bond acceptors (Lipinski definition) is 3. The number of benzene rings is 1. The molecule has 0 atom stereocenters. The summed E-state index contributed by atoms with van der Waals surface area (Å²) < 4.78 is 2.44. The Bertz CT molecular complexity index is 897. The topological polar surface area (TPSA) is 37.8 Å². The standard InChI is InChI=1S/C12H6BrClN2OS2/c13-9-7(14)2-1-3-8(9)16-11(17)6-4-5-19-10(6)15-12(16)18/h1-5H,(H,15,18). The predicted octanol–water partition coefficient (Wildman–Crippen LogP) is 4.53. The van der Waals surface area contributed by atoms with E-state index >= 15 is 0 Å². The van der Waals surface area contributed by atoms with Gasteiger partial charge in [-0.1, -0.05) is 17.7 Å². The largest absolute Gasteiger partial charge is 0.323 e. The Hall–Kier alpha value is -0.950. The van der Waals surface area contributed by atoms with Gasteiger partial charge in [0.25, 0.3) is 5.56 Å². The Balaban J connectivity index is 2.46. The summed E-state index contributed by atoms with van der Waals surface area (Å²) in [4.78, 5) is 16.3. The van der Waals surface area contributed by atoms with Crippen molar-refractivity contribution in [2.75, 3.05) is 0 Å². The normalized spacial score (nSPS) is 11.1. The van der Waals surface area contributed by atoms with Crippen molar-refractivity contribution in [1.29, 1.82) is 0 Å². The molecule has 7 heteroatoms. The number of rotatable bonds is 1. The van der Waals surface area contributed by atoms with E-state index in [0.29, 0.717) is 25.3 Å². The molecular weight excluding hydrogens is 368 g/mol. The Morgan fingerprint density at radius 1 is 1.37 bits per heavy atom. The molecule has 1 N–H and O–H groups in total. The Morgan fingerprint density at radius 2 is 2.16 bits per heavy atom. The zero-order chi connectivity index (χ0) is 13.6. The van der Waals surface area contributed by atoms with E-state index in [9.17, 15) is 4.79 Å². The highest BCUT2D eigenvalue weighted by Crippen LogP contribution is 2.28. The monoisotopic (exact) mass is 372 g/mol. The molecule has 0 aliphatic rings. The van der Waals surface area contributed by atoms with Crippen LogP contribution in [0, 0.1) is 4.77 Å². The van der Waals surface area contributed by atoms with Crippen LogP contribution in [-0.4, -0.2) is 9.55 Å². The molecule has 2 heterocycles. The maximum atomic E-state index is 12.5. The first-order valence-corrected chi connectivity index (χ1v) is 7.72. The van der Waals surface area contributed by atoms with Gasteiger partial charge < -0.3 is 4.98 Å². The molecule has 96 valence electrons. The van der Waals surface area contributed by atoms with Gasteiger partial charge in [0, 0.05) is 0 Å². The van der Waals surface area contributed by atoms with Gasteiger partial charge in [-0.15, -0.1) is 11.3 Å². The second kappa shape index (κ2) is 4.86. The zero-order valence-electron chi connectivity index (χ0n) is 9.31. The predicted molar refractivity (Wildman–Crippen MR) is 85.3 cm³/mol. The van der Waals surface area contributed by atoms with E-state index in [4.69, 9.17) is 23.8 Å². The molecule has 2 aromatic heterocycles. The second-order valence-electron chi connectivity index (χ2n) is 3.81. The van der Waals surface area contributed by atoms with Crippen LogP contribution in [-0.2, 0) is 0 Å². The summed E-state index contributed by atoms with van der Waals surface area (Å²) in [6, 6.07) is 7.10. The van der Waals surface area contributed by atoms with Crippen LogP contribution in [0.4, 0.5) is 0 Å². The lowest BCUT2D eigenvalue weighted by Gasteiger charge is -2.09. The Labute approximate surface area is 130 Å². The SMILES string of the molecule is O=c1c2ccsc2[nH]c(=S)n1-c1cccc(Cl)c1Br. The Kier molecular flexibility index (Phi) is 3.34. The number of halogens is 2. The molecule has 0 saturated carbocycles. The molecule has 3 rings (SSSR count). The molecule has 0 unspecified atom stereocenters. The van der Waals surface area contributed by atoms with Crippen LogP contribution >= 0.6 is 51.1 Å². The molecule has 3 aromatic rings. The molecule has 3 nitrogen and oxygen atoms in total. The van der Waals surface area contributed by atoms with E-state index in [1.807, 2.05) is 5.38 Å². The van der Waals surface area contributed by atoms with Gasteiger partial charge in [0.1, 0.15) is 4.83 Å². The van der Waals surface area contributed by atoms with E-state index in [0.717, 1.165) is 4.83 Å². The maximum Gasteiger partial charge on any atom is 0.267 e. The lowest BCUT2D eigenvalue weighted by atomic mass is 10.3. The summed E-state index contributed by atoms with van der Waals surface area (Å²) in [7, 11) is 0. The number of aromatic nitrogens is 2.